The van der Waals surface area contributed by atoms with Gasteiger partial charge in [-0.2, -0.15) is 0 Å². The maximum Gasteiger partial charge on any atom is 0.324 e. The van der Waals surface area contributed by atoms with Gasteiger partial charge in [0, 0.05) is 24.5 Å². The van der Waals surface area contributed by atoms with E-state index in [0.717, 1.165) is 41.2 Å². The molecule has 3 aromatic heterocycles. The largest absolute Gasteiger partial charge is 0.378 e. The molecule has 3 amide bonds. The smallest absolute Gasteiger partial charge is 0.324 e. The number of morpholine rings is 1. The molecule has 0 spiro atoms. The summed E-state index contributed by atoms with van der Waals surface area (Å²) in [6.45, 7) is 12.5. The van der Waals surface area contributed by atoms with Crippen molar-refractivity contribution in [2.45, 2.75) is 34.6 Å². The van der Waals surface area contributed by atoms with Gasteiger partial charge in [0.1, 0.15) is 23.6 Å². The minimum absolute atomic E-state index is 0.337. The Morgan fingerprint density at radius 1 is 0.902 bits per heavy atom. The Morgan fingerprint density at radius 2 is 1.61 bits per heavy atom. The van der Waals surface area contributed by atoms with Gasteiger partial charge in [-0.1, -0.05) is 45.7 Å². The predicted molar refractivity (Wildman–Crippen MR) is 164 cm³/mol. The highest BCUT2D eigenvalue weighted by molar-refractivity contribution is 6.04. The predicted octanol–water partition coefficient (Wildman–Crippen LogP) is 5.51. The van der Waals surface area contributed by atoms with Crippen molar-refractivity contribution in [2.24, 2.45) is 0 Å². The first-order chi connectivity index (χ1) is 20.1. The van der Waals surface area contributed by atoms with Gasteiger partial charge in [0.15, 0.2) is 0 Å². The van der Waals surface area contributed by atoms with Crippen molar-refractivity contribution in [3.05, 3.63) is 55.0 Å². The van der Waals surface area contributed by atoms with E-state index in [0.29, 0.717) is 30.4 Å². The molecule has 1 fully saturated rings. The van der Waals surface area contributed by atoms with E-state index in [-0.39, 0.29) is 0 Å². The Kier molecular flexibility index (Phi) is 11.6. The third-order valence-electron chi connectivity index (χ3n) is 5.67. The van der Waals surface area contributed by atoms with E-state index in [1.54, 1.807) is 25.4 Å². The fraction of sp³-hybridized carbons (Fsp3) is 0.300. The highest BCUT2D eigenvalue weighted by Gasteiger charge is 2.17. The van der Waals surface area contributed by atoms with Crippen molar-refractivity contribution in [1.82, 2.24) is 19.9 Å². The molecule has 4 N–H and O–H groups in total. The maximum atomic E-state index is 12.4. The van der Waals surface area contributed by atoms with E-state index < -0.39 is 11.9 Å². The summed E-state index contributed by atoms with van der Waals surface area (Å²) in [5.41, 5.74) is 3.72. The number of carbonyl (C=O) groups is 2. The number of pyridine rings is 1. The Labute approximate surface area is 240 Å². The summed E-state index contributed by atoms with van der Waals surface area (Å²) in [6, 6.07) is 12.3. The molecular formula is C30H36N8O3. The molecule has 1 aromatic carbocycles. The van der Waals surface area contributed by atoms with Gasteiger partial charge in [-0.25, -0.2) is 19.7 Å². The van der Waals surface area contributed by atoms with Gasteiger partial charge in [0.05, 0.1) is 30.5 Å². The number of nitrogens with one attached hydrogen (secondary N) is 4. The van der Waals surface area contributed by atoms with E-state index in [9.17, 15) is 9.59 Å². The summed E-state index contributed by atoms with van der Waals surface area (Å²) >= 11 is 0. The normalized spacial score (nSPS) is 12.0. The number of nitrogens with zero attached hydrogens (tertiary/aromatic N) is 4. The number of urea groups is 1. The number of ether oxygens (including phenoxy) is 1. The highest BCUT2D eigenvalue weighted by Crippen LogP contribution is 2.29. The highest BCUT2D eigenvalue weighted by atomic mass is 16.5. The van der Waals surface area contributed by atoms with Gasteiger partial charge < -0.3 is 25.3 Å². The van der Waals surface area contributed by atoms with Gasteiger partial charge in [-0.05, 0) is 48.7 Å². The molecule has 4 heterocycles. The standard InChI is InChI=1S/C26H24N8O3.2C2H6/c1-2-3-23(35)30-19-8-9-22(27-15-19)33-26(36)31-18-6-4-17(5-7-18)21-14-20-24(32-21)28-16-29-25(20)34-10-12-37-13-11-34;2*1-2/h4-9,14-16H,10-13H2,1H3,(H,30,35)(H,28,29,32)(H2,27,31,33,36);2*1-2H3. The Morgan fingerprint density at radius 3 is 2.27 bits per heavy atom. The van der Waals surface area contributed by atoms with E-state index in [4.69, 9.17) is 4.74 Å². The van der Waals surface area contributed by atoms with Crippen molar-refractivity contribution in [2.75, 3.05) is 47.2 Å². The molecule has 11 nitrogen and oxygen atoms in total. The molecule has 0 bridgehead atoms. The summed E-state index contributed by atoms with van der Waals surface area (Å²) in [6.07, 6.45) is 3.01. The lowest BCUT2D eigenvalue weighted by molar-refractivity contribution is -0.111. The minimum atomic E-state index is -0.440. The average Bonchev–Trinajstić information content (AvgIpc) is 3.46. The second-order valence-electron chi connectivity index (χ2n) is 8.16. The zero-order valence-electron chi connectivity index (χ0n) is 24.0. The lowest BCUT2D eigenvalue weighted by Crippen LogP contribution is -2.36. The molecule has 214 valence electrons. The van der Waals surface area contributed by atoms with Crippen LogP contribution in [0.4, 0.5) is 27.8 Å². The fourth-order valence-corrected chi connectivity index (χ4v) is 3.94. The maximum absolute atomic E-state index is 12.4. The third-order valence-corrected chi connectivity index (χ3v) is 5.67. The lowest BCUT2D eigenvalue weighted by Gasteiger charge is -2.27. The summed E-state index contributed by atoms with van der Waals surface area (Å²) in [5.74, 6) is 5.71. The lowest BCUT2D eigenvalue weighted by atomic mass is 10.1. The van der Waals surface area contributed by atoms with Gasteiger partial charge in [-0.3, -0.25) is 10.1 Å². The van der Waals surface area contributed by atoms with Crippen LogP contribution >= 0.6 is 0 Å². The van der Waals surface area contributed by atoms with Gasteiger partial charge in [0.25, 0.3) is 5.91 Å². The van der Waals surface area contributed by atoms with Crippen molar-refractivity contribution >= 4 is 46.0 Å². The minimum Gasteiger partial charge on any atom is -0.378 e. The number of H-pyrrole nitrogens is 1. The van der Waals surface area contributed by atoms with Gasteiger partial charge in [-0.15, -0.1) is 0 Å². The number of carbonyl (C=O) groups excluding carboxylic acids is 2. The molecule has 0 unspecified atom stereocenters. The van der Waals surface area contributed by atoms with E-state index in [2.05, 4.69) is 52.6 Å². The number of anilines is 4. The molecule has 5 rings (SSSR count). The number of rotatable bonds is 5. The van der Waals surface area contributed by atoms with Crippen LogP contribution in [0.2, 0.25) is 0 Å². The second kappa shape index (κ2) is 15.6. The molecule has 1 aliphatic rings. The monoisotopic (exact) mass is 556 g/mol. The first-order valence-electron chi connectivity index (χ1n) is 13.6. The first kappa shape index (κ1) is 30.6. The molecule has 11 heteroatoms. The quantitative estimate of drug-likeness (QED) is 0.238. The SMILES string of the molecule is CC.CC.CC#CC(=O)Nc1ccc(NC(=O)Nc2ccc(-c3cc4c(N5CCOCC5)ncnc4[nH]3)cc2)nc1. The van der Waals surface area contributed by atoms with Crippen molar-refractivity contribution in [3.8, 4) is 23.1 Å². The molecule has 41 heavy (non-hydrogen) atoms. The Balaban J connectivity index is 0.00000111. The van der Waals surface area contributed by atoms with Crippen LogP contribution in [-0.2, 0) is 9.53 Å². The summed E-state index contributed by atoms with van der Waals surface area (Å²) in [5, 5.41) is 8.99. The number of hydrogen-bond donors (Lipinski definition) is 4. The fourth-order valence-electron chi connectivity index (χ4n) is 3.94. The van der Waals surface area contributed by atoms with Crippen molar-refractivity contribution in [3.63, 3.8) is 0 Å². The van der Waals surface area contributed by atoms with Crippen molar-refractivity contribution in [1.29, 1.82) is 0 Å². The topological polar surface area (TPSA) is 137 Å². The number of aromatic amines is 1. The molecule has 0 atom stereocenters. The van der Waals surface area contributed by atoms with Crippen LogP contribution in [0.15, 0.2) is 55.0 Å². The van der Waals surface area contributed by atoms with Crippen LogP contribution in [0.25, 0.3) is 22.3 Å². The molecule has 0 aliphatic carbocycles. The molecule has 1 aliphatic heterocycles. The number of fused-ring (bicyclic) bond motifs is 1. The molecule has 0 radical (unpaired) electrons. The van der Waals surface area contributed by atoms with Crippen LogP contribution in [-0.4, -0.2) is 58.2 Å². The molecular weight excluding hydrogens is 520 g/mol. The van der Waals surface area contributed by atoms with Crippen LogP contribution < -0.4 is 20.9 Å². The van der Waals surface area contributed by atoms with Gasteiger partial charge >= 0.3 is 6.03 Å². The Bertz CT molecular complexity index is 1480. The van der Waals surface area contributed by atoms with E-state index in [1.807, 2.05) is 58.0 Å². The van der Waals surface area contributed by atoms with Gasteiger partial charge in [0.2, 0.25) is 0 Å². The molecule has 1 saturated heterocycles. The molecule has 4 aromatic rings. The first-order valence-corrected chi connectivity index (χ1v) is 13.6. The molecule has 0 saturated carbocycles. The number of amides is 3. The average molecular weight is 557 g/mol. The van der Waals surface area contributed by atoms with Crippen LogP contribution in [0.1, 0.15) is 34.6 Å². The summed E-state index contributed by atoms with van der Waals surface area (Å²) in [7, 11) is 0. The Hall–Kier alpha value is -4.95. The summed E-state index contributed by atoms with van der Waals surface area (Å²) < 4.78 is 5.46. The number of benzene rings is 1. The zero-order valence-corrected chi connectivity index (χ0v) is 24.0. The third kappa shape index (κ3) is 8.27. The number of aromatic nitrogens is 4. The zero-order chi connectivity index (χ0) is 29.6. The number of hydrogen-bond acceptors (Lipinski definition) is 7. The van der Waals surface area contributed by atoms with E-state index >= 15 is 0 Å². The second-order valence-corrected chi connectivity index (χ2v) is 8.16. The van der Waals surface area contributed by atoms with Crippen LogP contribution in [0.3, 0.4) is 0 Å². The van der Waals surface area contributed by atoms with Crippen LogP contribution in [0, 0.1) is 11.8 Å². The van der Waals surface area contributed by atoms with Crippen LogP contribution in [0.5, 0.6) is 0 Å². The summed E-state index contributed by atoms with van der Waals surface area (Å²) in [4.78, 5) is 42.5. The van der Waals surface area contributed by atoms with E-state index in [1.165, 1.54) is 6.20 Å². The van der Waals surface area contributed by atoms with Crippen molar-refractivity contribution < 1.29 is 14.3 Å².